The lowest BCUT2D eigenvalue weighted by molar-refractivity contribution is 0.0962. The summed E-state index contributed by atoms with van der Waals surface area (Å²) in [4.78, 5) is 14.4. The van der Waals surface area contributed by atoms with E-state index in [4.69, 9.17) is 0 Å². The first-order valence-electron chi connectivity index (χ1n) is 8.34. The third kappa shape index (κ3) is 3.34. The van der Waals surface area contributed by atoms with Gasteiger partial charge in [0.2, 0.25) is 0 Å². The highest BCUT2D eigenvalue weighted by Gasteiger charge is 2.25. The summed E-state index contributed by atoms with van der Waals surface area (Å²) in [5.74, 6) is -0.0460. The lowest BCUT2D eigenvalue weighted by Crippen LogP contribution is -2.45. The van der Waals surface area contributed by atoms with Crippen molar-refractivity contribution in [2.45, 2.75) is 19.5 Å². The second-order valence-electron chi connectivity index (χ2n) is 6.27. The van der Waals surface area contributed by atoms with Gasteiger partial charge >= 0.3 is 0 Å². The molecular weight excluding hydrogens is 302 g/mol. The zero-order chi connectivity index (χ0) is 17.1. The Bertz CT molecular complexity index is 724. The number of rotatable bonds is 4. The van der Waals surface area contributed by atoms with Crippen molar-refractivity contribution in [1.82, 2.24) is 25.3 Å². The number of piperazine rings is 1. The highest BCUT2D eigenvalue weighted by Crippen LogP contribution is 2.25. The summed E-state index contributed by atoms with van der Waals surface area (Å²) in [7, 11) is 3.63. The summed E-state index contributed by atoms with van der Waals surface area (Å²) >= 11 is 0. The lowest BCUT2D eigenvalue weighted by Gasteiger charge is -2.36. The molecule has 1 aliphatic rings. The molecule has 1 amide bonds. The number of benzene rings is 1. The molecule has 24 heavy (non-hydrogen) atoms. The van der Waals surface area contributed by atoms with Gasteiger partial charge in [0.1, 0.15) is 0 Å². The van der Waals surface area contributed by atoms with E-state index in [1.807, 2.05) is 36.1 Å². The molecule has 1 aliphatic heterocycles. The molecule has 128 valence electrons. The molecule has 1 aromatic carbocycles. The minimum atomic E-state index is -0.0460. The van der Waals surface area contributed by atoms with E-state index in [9.17, 15) is 4.79 Å². The second-order valence-corrected chi connectivity index (χ2v) is 6.27. The third-order valence-electron chi connectivity index (χ3n) is 4.83. The molecule has 2 heterocycles. The van der Waals surface area contributed by atoms with Crippen molar-refractivity contribution in [3.05, 3.63) is 52.8 Å². The molecule has 3 rings (SSSR count). The van der Waals surface area contributed by atoms with E-state index < -0.39 is 0 Å². The van der Waals surface area contributed by atoms with Gasteiger partial charge in [-0.15, -0.1) is 0 Å². The Hall–Kier alpha value is -2.18. The Labute approximate surface area is 142 Å². The number of aromatic nitrogens is 2. The number of amides is 1. The first-order chi connectivity index (χ1) is 11.6. The Balaban J connectivity index is 1.84. The van der Waals surface area contributed by atoms with Crippen LogP contribution in [0.5, 0.6) is 0 Å². The van der Waals surface area contributed by atoms with Gasteiger partial charge in [-0.1, -0.05) is 12.1 Å². The minimum Gasteiger partial charge on any atom is -0.355 e. The molecular formula is C18H25N5O. The molecule has 2 aromatic rings. The predicted molar refractivity (Wildman–Crippen MR) is 93.8 cm³/mol. The van der Waals surface area contributed by atoms with Crippen LogP contribution in [0.1, 0.15) is 33.2 Å². The molecule has 1 atom stereocenters. The van der Waals surface area contributed by atoms with E-state index in [-0.39, 0.29) is 11.9 Å². The minimum absolute atomic E-state index is 0.0460. The van der Waals surface area contributed by atoms with E-state index in [1.54, 1.807) is 7.05 Å². The van der Waals surface area contributed by atoms with Crippen molar-refractivity contribution >= 4 is 5.91 Å². The first-order valence-corrected chi connectivity index (χ1v) is 8.34. The van der Waals surface area contributed by atoms with Gasteiger partial charge in [0.05, 0.1) is 6.20 Å². The van der Waals surface area contributed by atoms with E-state index >= 15 is 0 Å². The number of hydrogen-bond acceptors (Lipinski definition) is 4. The number of nitrogens with one attached hydrogen (secondary N) is 2. The third-order valence-corrected chi connectivity index (χ3v) is 4.83. The molecule has 0 aliphatic carbocycles. The maximum Gasteiger partial charge on any atom is 0.251 e. The maximum atomic E-state index is 11.9. The number of carbonyl (C=O) groups is 1. The highest BCUT2D eigenvalue weighted by atomic mass is 16.1. The van der Waals surface area contributed by atoms with Crippen LogP contribution in [0.15, 0.2) is 30.5 Å². The van der Waals surface area contributed by atoms with Crippen molar-refractivity contribution in [3.63, 3.8) is 0 Å². The molecule has 0 unspecified atom stereocenters. The van der Waals surface area contributed by atoms with E-state index in [0.29, 0.717) is 5.56 Å². The average molecular weight is 327 g/mol. The molecule has 1 saturated heterocycles. The fourth-order valence-corrected chi connectivity index (χ4v) is 3.21. The largest absolute Gasteiger partial charge is 0.355 e. The summed E-state index contributed by atoms with van der Waals surface area (Å²) in [6.07, 6.45) is 1.95. The van der Waals surface area contributed by atoms with Gasteiger partial charge in [-0.2, -0.15) is 5.10 Å². The SMILES string of the molecule is CNC(=O)c1cccc([C@H]2CNCCN2Cc2cnn(C)c2C)c1. The van der Waals surface area contributed by atoms with Crippen molar-refractivity contribution in [2.24, 2.45) is 7.05 Å². The van der Waals surface area contributed by atoms with Gasteiger partial charge in [0.25, 0.3) is 5.91 Å². The van der Waals surface area contributed by atoms with Gasteiger partial charge in [-0.05, 0) is 24.6 Å². The van der Waals surface area contributed by atoms with Gasteiger partial charge < -0.3 is 10.6 Å². The number of aryl methyl sites for hydroxylation is 1. The van der Waals surface area contributed by atoms with Crippen LogP contribution in [-0.4, -0.2) is 47.3 Å². The Morgan fingerprint density at radius 3 is 3.00 bits per heavy atom. The van der Waals surface area contributed by atoms with Crippen LogP contribution in [-0.2, 0) is 13.6 Å². The van der Waals surface area contributed by atoms with Gasteiger partial charge in [-0.25, -0.2) is 0 Å². The molecule has 6 heteroatoms. The van der Waals surface area contributed by atoms with Crippen LogP contribution < -0.4 is 10.6 Å². The number of nitrogens with zero attached hydrogens (tertiary/aromatic N) is 3. The van der Waals surface area contributed by atoms with E-state index in [1.165, 1.54) is 16.8 Å². The number of hydrogen-bond donors (Lipinski definition) is 2. The van der Waals surface area contributed by atoms with Gasteiger partial charge in [-0.3, -0.25) is 14.4 Å². The van der Waals surface area contributed by atoms with E-state index in [2.05, 4.69) is 33.6 Å². The van der Waals surface area contributed by atoms with Crippen molar-refractivity contribution in [1.29, 1.82) is 0 Å². The van der Waals surface area contributed by atoms with Crippen LogP contribution in [0.3, 0.4) is 0 Å². The fraction of sp³-hybridized carbons (Fsp3) is 0.444. The molecule has 1 aromatic heterocycles. The molecule has 0 saturated carbocycles. The highest BCUT2D eigenvalue weighted by molar-refractivity contribution is 5.94. The number of carbonyl (C=O) groups excluding carboxylic acids is 1. The summed E-state index contributed by atoms with van der Waals surface area (Å²) in [6.45, 7) is 5.81. The summed E-state index contributed by atoms with van der Waals surface area (Å²) < 4.78 is 1.92. The van der Waals surface area contributed by atoms with Crippen molar-refractivity contribution in [3.8, 4) is 0 Å². The predicted octanol–water partition coefficient (Wildman–Crippen LogP) is 1.23. The smallest absolute Gasteiger partial charge is 0.251 e. The van der Waals surface area contributed by atoms with Crippen molar-refractivity contribution < 1.29 is 4.79 Å². The zero-order valence-electron chi connectivity index (χ0n) is 14.5. The van der Waals surface area contributed by atoms with Gasteiger partial charge in [0, 0.05) is 63.1 Å². The molecule has 0 radical (unpaired) electrons. The van der Waals surface area contributed by atoms with Gasteiger partial charge in [0.15, 0.2) is 0 Å². The summed E-state index contributed by atoms with van der Waals surface area (Å²) in [5.41, 5.74) is 4.33. The van der Waals surface area contributed by atoms with Crippen LogP contribution in [0.4, 0.5) is 0 Å². The van der Waals surface area contributed by atoms with Crippen LogP contribution in [0.2, 0.25) is 0 Å². The maximum absolute atomic E-state index is 11.9. The summed E-state index contributed by atoms with van der Waals surface area (Å²) in [5, 5.41) is 10.5. The Morgan fingerprint density at radius 2 is 2.29 bits per heavy atom. The fourth-order valence-electron chi connectivity index (χ4n) is 3.21. The van der Waals surface area contributed by atoms with E-state index in [0.717, 1.165) is 26.2 Å². The Kier molecular flexibility index (Phi) is 4.97. The van der Waals surface area contributed by atoms with Crippen LogP contribution >= 0.6 is 0 Å². The quantitative estimate of drug-likeness (QED) is 0.887. The Morgan fingerprint density at radius 1 is 1.46 bits per heavy atom. The standard InChI is InChI=1S/C18H25N5O/c1-13-16(10-21-22(13)3)12-23-8-7-20-11-17(23)14-5-4-6-15(9-14)18(24)19-2/h4-6,9-10,17,20H,7-8,11-12H2,1-3H3,(H,19,24)/t17-/m1/s1. The van der Waals surface area contributed by atoms with Crippen LogP contribution in [0, 0.1) is 6.92 Å². The second kappa shape index (κ2) is 7.15. The molecule has 6 nitrogen and oxygen atoms in total. The topological polar surface area (TPSA) is 62.2 Å². The normalized spacial score (nSPS) is 18.5. The lowest BCUT2D eigenvalue weighted by atomic mass is 10.00. The average Bonchev–Trinajstić information content (AvgIpc) is 2.93. The molecule has 2 N–H and O–H groups in total. The molecule has 0 bridgehead atoms. The van der Waals surface area contributed by atoms with Crippen LogP contribution in [0.25, 0.3) is 0 Å². The zero-order valence-corrected chi connectivity index (χ0v) is 14.5. The molecule has 0 spiro atoms. The monoisotopic (exact) mass is 327 g/mol. The summed E-state index contributed by atoms with van der Waals surface area (Å²) in [6, 6.07) is 8.17. The van der Waals surface area contributed by atoms with Crippen molar-refractivity contribution in [2.75, 3.05) is 26.7 Å². The molecule has 1 fully saturated rings. The first kappa shape index (κ1) is 16.7.